The first-order valence-corrected chi connectivity index (χ1v) is 8.61. The highest BCUT2D eigenvalue weighted by atomic mass is 16.1. The Morgan fingerprint density at radius 3 is 2.37 bits per heavy atom. The molecule has 3 aromatic carbocycles. The molecule has 1 aromatic heterocycles. The summed E-state index contributed by atoms with van der Waals surface area (Å²) in [5.74, 6) is -0.153. The summed E-state index contributed by atoms with van der Waals surface area (Å²) in [5, 5.41) is 7.75. The van der Waals surface area contributed by atoms with Crippen LogP contribution in [0.4, 0.5) is 5.69 Å². The Morgan fingerprint density at radius 2 is 1.59 bits per heavy atom. The number of nitrogens with zero attached hydrogens (tertiary/aromatic N) is 2. The first-order chi connectivity index (χ1) is 13.2. The van der Waals surface area contributed by atoms with E-state index in [0.29, 0.717) is 17.5 Å². The lowest BCUT2D eigenvalue weighted by Crippen LogP contribution is -2.14. The normalized spacial score (nSPS) is 10.7. The molecule has 5 heteroatoms. The minimum atomic E-state index is -0.153. The molecule has 0 spiro atoms. The Balaban J connectivity index is 1.54. The van der Waals surface area contributed by atoms with E-state index in [1.165, 1.54) is 6.20 Å². The van der Waals surface area contributed by atoms with E-state index in [9.17, 15) is 9.59 Å². The summed E-state index contributed by atoms with van der Waals surface area (Å²) in [6, 6.07) is 24.1. The predicted octanol–water partition coefficient (Wildman–Crippen LogP) is 3.70. The summed E-state index contributed by atoms with van der Waals surface area (Å²) in [6.07, 6.45) is 1.34. The maximum atomic E-state index is 12.3. The number of aromatic nitrogens is 2. The fraction of sp³-hybridized carbons (Fsp3) is 0.0455. The first-order valence-electron chi connectivity index (χ1n) is 8.61. The van der Waals surface area contributed by atoms with Crippen LogP contribution in [0.25, 0.3) is 10.9 Å². The van der Waals surface area contributed by atoms with Crippen molar-refractivity contribution in [2.24, 2.45) is 0 Å². The van der Waals surface area contributed by atoms with Crippen molar-refractivity contribution in [2.45, 2.75) is 6.54 Å². The predicted molar refractivity (Wildman–Crippen MR) is 106 cm³/mol. The van der Waals surface area contributed by atoms with Gasteiger partial charge in [-0.1, -0.05) is 42.5 Å². The van der Waals surface area contributed by atoms with Gasteiger partial charge >= 0.3 is 0 Å². The SMILES string of the molecule is O=C(Nc1ccccc1)c1ccc(Cn2ncc(=O)c3ccccc32)cc1. The molecule has 4 rings (SSSR count). The van der Waals surface area contributed by atoms with Crippen LogP contribution in [0.1, 0.15) is 15.9 Å². The van der Waals surface area contributed by atoms with Crippen LogP contribution < -0.4 is 10.7 Å². The van der Waals surface area contributed by atoms with Crippen LogP contribution in [0.5, 0.6) is 0 Å². The minimum absolute atomic E-state index is 0.0882. The third-order valence-corrected chi connectivity index (χ3v) is 4.34. The maximum Gasteiger partial charge on any atom is 0.255 e. The van der Waals surface area contributed by atoms with Gasteiger partial charge in [-0.05, 0) is 42.0 Å². The molecule has 0 aliphatic heterocycles. The van der Waals surface area contributed by atoms with Gasteiger partial charge in [-0.2, -0.15) is 5.10 Å². The highest BCUT2D eigenvalue weighted by Gasteiger charge is 2.07. The van der Waals surface area contributed by atoms with Crippen LogP contribution >= 0.6 is 0 Å². The van der Waals surface area contributed by atoms with Gasteiger partial charge in [-0.25, -0.2) is 0 Å². The van der Waals surface area contributed by atoms with Crippen molar-refractivity contribution in [1.29, 1.82) is 0 Å². The average Bonchev–Trinajstić information content (AvgIpc) is 2.71. The molecule has 0 radical (unpaired) electrons. The highest BCUT2D eigenvalue weighted by molar-refractivity contribution is 6.04. The number of hydrogen-bond donors (Lipinski definition) is 1. The van der Waals surface area contributed by atoms with E-state index in [2.05, 4.69) is 10.4 Å². The number of rotatable bonds is 4. The molecule has 0 bridgehead atoms. The number of hydrogen-bond acceptors (Lipinski definition) is 3. The first kappa shape index (κ1) is 16.7. The average molecular weight is 355 g/mol. The molecular formula is C22H17N3O2. The number of anilines is 1. The fourth-order valence-corrected chi connectivity index (χ4v) is 2.95. The molecular weight excluding hydrogens is 338 g/mol. The molecule has 0 atom stereocenters. The lowest BCUT2D eigenvalue weighted by molar-refractivity contribution is 0.102. The Morgan fingerprint density at radius 1 is 0.889 bits per heavy atom. The van der Waals surface area contributed by atoms with Gasteiger partial charge in [-0.3, -0.25) is 14.3 Å². The highest BCUT2D eigenvalue weighted by Crippen LogP contribution is 2.13. The van der Waals surface area contributed by atoms with Crippen molar-refractivity contribution in [3.05, 3.63) is 106 Å². The maximum absolute atomic E-state index is 12.3. The van der Waals surface area contributed by atoms with Crippen molar-refractivity contribution >= 4 is 22.5 Å². The van der Waals surface area contributed by atoms with Crippen molar-refractivity contribution in [3.63, 3.8) is 0 Å². The molecule has 0 saturated heterocycles. The molecule has 132 valence electrons. The molecule has 1 amide bonds. The molecule has 1 heterocycles. The standard InChI is InChI=1S/C22H17N3O2/c26-21-14-23-25(20-9-5-4-8-19(20)21)15-16-10-12-17(13-11-16)22(27)24-18-6-2-1-3-7-18/h1-14H,15H2,(H,24,27). The van der Waals surface area contributed by atoms with E-state index in [-0.39, 0.29) is 11.3 Å². The quantitative estimate of drug-likeness (QED) is 0.607. The van der Waals surface area contributed by atoms with E-state index in [0.717, 1.165) is 16.8 Å². The number of carbonyl (C=O) groups excluding carboxylic acids is 1. The van der Waals surface area contributed by atoms with E-state index < -0.39 is 0 Å². The molecule has 27 heavy (non-hydrogen) atoms. The Hall–Kier alpha value is -3.73. The van der Waals surface area contributed by atoms with Crippen LogP contribution in [0.15, 0.2) is 89.9 Å². The Kier molecular flexibility index (Phi) is 4.49. The number of benzene rings is 3. The second kappa shape index (κ2) is 7.25. The fourth-order valence-electron chi connectivity index (χ4n) is 2.95. The van der Waals surface area contributed by atoms with Gasteiger partial charge in [0.1, 0.15) is 0 Å². The number of amides is 1. The van der Waals surface area contributed by atoms with E-state index >= 15 is 0 Å². The number of fused-ring (bicyclic) bond motifs is 1. The van der Waals surface area contributed by atoms with Gasteiger partial charge in [0.2, 0.25) is 5.43 Å². The summed E-state index contributed by atoms with van der Waals surface area (Å²) in [6.45, 7) is 0.515. The second-order valence-corrected chi connectivity index (χ2v) is 6.20. The van der Waals surface area contributed by atoms with Crippen molar-refractivity contribution in [1.82, 2.24) is 9.78 Å². The number of para-hydroxylation sites is 2. The van der Waals surface area contributed by atoms with Crippen molar-refractivity contribution in [3.8, 4) is 0 Å². The van der Waals surface area contributed by atoms with Crippen LogP contribution in [0, 0.1) is 0 Å². The molecule has 0 unspecified atom stereocenters. The summed E-state index contributed by atoms with van der Waals surface area (Å²) in [5.41, 5.74) is 3.04. The molecule has 0 aliphatic rings. The largest absolute Gasteiger partial charge is 0.322 e. The molecule has 0 saturated carbocycles. The smallest absolute Gasteiger partial charge is 0.255 e. The summed E-state index contributed by atoms with van der Waals surface area (Å²) in [7, 11) is 0. The van der Waals surface area contributed by atoms with E-state index in [1.807, 2.05) is 60.7 Å². The van der Waals surface area contributed by atoms with E-state index in [1.54, 1.807) is 22.9 Å². The molecule has 4 aromatic rings. The van der Waals surface area contributed by atoms with Gasteiger partial charge < -0.3 is 5.32 Å². The second-order valence-electron chi connectivity index (χ2n) is 6.20. The Bertz CT molecular complexity index is 1150. The van der Waals surface area contributed by atoms with Gasteiger partial charge in [-0.15, -0.1) is 0 Å². The minimum Gasteiger partial charge on any atom is -0.322 e. The summed E-state index contributed by atoms with van der Waals surface area (Å²) in [4.78, 5) is 24.3. The molecule has 0 fully saturated rings. The van der Waals surface area contributed by atoms with Crippen LogP contribution in [0.3, 0.4) is 0 Å². The number of nitrogens with one attached hydrogen (secondary N) is 1. The van der Waals surface area contributed by atoms with Gasteiger partial charge in [0.25, 0.3) is 5.91 Å². The van der Waals surface area contributed by atoms with Crippen LogP contribution in [0.2, 0.25) is 0 Å². The van der Waals surface area contributed by atoms with Gasteiger partial charge in [0, 0.05) is 16.6 Å². The van der Waals surface area contributed by atoms with E-state index in [4.69, 9.17) is 0 Å². The van der Waals surface area contributed by atoms with Crippen LogP contribution in [-0.4, -0.2) is 15.7 Å². The third-order valence-electron chi connectivity index (χ3n) is 4.34. The van der Waals surface area contributed by atoms with Gasteiger partial charge in [0.05, 0.1) is 18.3 Å². The van der Waals surface area contributed by atoms with Crippen molar-refractivity contribution in [2.75, 3.05) is 5.32 Å². The molecule has 1 N–H and O–H groups in total. The zero-order valence-electron chi connectivity index (χ0n) is 14.5. The summed E-state index contributed by atoms with van der Waals surface area (Å²) >= 11 is 0. The van der Waals surface area contributed by atoms with Gasteiger partial charge in [0.15, 0.2) is 0 Å². The third kappa shape index (κ3) is 3.62. The Labute approximate surface area is 155 Å². The van der Waals surface area contributed by atoms with Crippen molar-refractivity contribution < 1.29 is 4.79 Å². The topological polar surface area (TPSA) is 64.0 Å². The summed E-state index contributed by atoms with van der Waals surface area (Å²) < 4.78 is 1.79. The zero-order chi connectivity index (χ0) is 18.6. The molecule has 0 aliphatic carbocycles. The molecule has 5 nitrogen and oxygen atoms in total. The van der Waals surface area contributed by atoms with Crippen LogP contribution in [-0.2, 0) is 6.54 Å². The lowest BCUT2D eigenvalue weighted by Gasteiger charge is -2.10. The monoisotopic (exact) mass is 355 g/mol. The number of carbonyl (C=O) groups is 1. The lowest BCUT2D eigenvalue weighted by atomic mass is 10.1. The zero-order valence-corrected chi connectivity index (χ0v) is 14.5.